The molecule has 0 unspecified atom stereocenters. The van der Waals surface area contributed by atoms with E-state index >= 15 is 33.6 Å². The fraction of sp³-hybridized carbons (Fsp3) is 0. The summed E-state index contributed by atoms with van der Waals surface area (Å²) in [4.78, 5) is -2.21. The summed E-state index contributed by atoms with van der Waals surface area (Å²) in [7, 11) is -23.4. The summed E-state index contributed by atoms with van der Waals surface area (Å²) in [5.74, 6) is 0. The lowest BCUT2D eigenvalue weighted by molar-refractivity contribution is 0.919. The van der Waals surface area contributed by atoms with Crippen LogP contribution < -0.4 is 0 Å². The second-order valence-corrected chi connectivity index (χ2v) is 22.3. The molecule has 160 valence electrons. The van der Waals surface area contributed by atoms with E-state index in [0.717, 1.165) is 0 Å². The Balaban J connectivity index is 1.92. The van der Waals surface area contributed by atoms with Gasteiger partial charge in [0.15, 0.2) is 0 Å². The van der Waals surface area contributed by atoms with E-state index in [1.807, 2.05) is 0 Å². The molecule has 16 heteroatoms. The molecule has 32 heavy (non-hydrogen) atoms. The van der Waals surface area contributed by atoms with Crippen molar-refractivity contribution in [2.75, 3.05) is 0 Å². The van der Waals surface area contributed by atoms with Crippen LogP contribution in [-0.4, -0.2) is 0 Å². The lowest BCUT2D eigenvalue weighted by atomic mass is 10.0. The van der Waals surface area contributed by atoms with Crippen LogP contribution in [0.3, 0.4) is 0 Å². The first-order valence-electron chi connectivity index (χ1n) is 8.93. The minimum atomic E-state index is -2.92. The Bertz CT molecular complexity index is 1690. The molecule has 0 aliphatic carbocycles. The third-order valence-corrected chi connectivity index (χ3v) is 24.7. The molecule has 0 atom stereocenters. The van der Waals surface area contributed by atoms with E-state index in [1.165, 1.54) is 0 Å². The molecule has 0 nitrogen and oxygen atoms in total. The van der Waals surface area contributed by atoms with E-state index in [0.29, 0.717) is 0 Å². The van der Waals surface area contributed by atoms with Crippen LogP contribution in [0.1, 0.15) is 0 Å². The number of hydrogen-bond acceptors (Lipinski definition) is 0. The molecule has 0 saturated heterocycles. The third-order valence-electron chi connectivity index (χ3n) is 6.76. The maximum absolute atomic E-state index is 15.6. The SMILES string of the molecule is Fp1c2c3c4c5c6c7c8c9c3c(p2F)p(F)c9p(F)c8p(F)c7p(F)c6p(F)c5p(F)c41. The quantitative estimate of drug-likeness (QED) is 0.154. The topological polar surface area (TPSA) is 0 Å². The Morgan fingerprint density at radius 1 is 0.219 bits per heavy atom. The molecule has 9 rings (SSSR count). The van der Waals surface area contributed by atoms with Crippen molar-refractivity contribution >= 4 is 145 Å². The zero-order valence-electron chi connectivity index (χ0n) is 14.6. The monoisotopic (exact) mass is 592 g/mol. The number of hydrogen-bond donors (Lipinski definition) is 0. The van der Waals surface area contributed by atoms with Crippen LogP contribution in [0.2, 0.25) is 0 Å². The van der Waals surface area contributed by atoms with Crippen molar-refractivity contribution in [1.29, 1.82) is 0 Å². The Kier molecular flexibility index (Phi) is 3.14. The molecule has 0 aliphatic rings. The zero-order valence-corrected chi connectivity index (χ0v) is 21.8. The van der Waals surface area contributed by atoms with E-state index in [-0.39, 0.29) is 81.9 Å². The van der Waals surface area contributed by atoms with Gasteiger partial charge in [-0.3, -0.25) is 0 Å². The van der Waals surface area contributed by atoms with Crippen LogP contribution in [0.25, 0.3) is 81.9 Å². The summed E-state index contributed by atoms with van der Waals surface area (Å²) in [6.45, 7) is 0. The van der Waals surface area contributed by atoms with Crippen LogP contribution in [-0.2, 0) is 0 Å². The lowest BCUT2D eigenvalue weighted by Gasteiger charge is -1.95. The molecule has 0 saturated carbocycles. The van der Waals surface area contributed by atoms with Gasteiger partial charge in [0.2, 0.25) is 0 Å². The van der Waals surface area contributed by atoms with Crippen LogP contribution >= 0.6 is 62.8 Å². The highest BCUT2D eigenvalue weighted by Gasteiger charge is 2.41. The van der Waals surface area contributed by atoms with Crippen molar-refractivity contribution in [2.45, 2.75) is 0 Å². The Hall–Kier alpha value is -0.240. The van der Waals surface area contributed by atoms with Gasteiger partial charge in [0.25, 0.3) is 0 Å². The molecule has 0 fully saturated rings. The fourth-order valence-corrected chi connectivity index (χ4v) is 25.7. The van der Waals surface area contributed by atoms with Crippen molar-refractivity contribution < 1.29 is 33.6 Å². The summed E-state index contributed by atoms with van der Waals surface area (Å²) < 4.78 is 125. The summed E-state index contributed by atoms with van der Waals surface area (Å²) in [6.07, 6.45) is 0. The molecule has 0 radical (unpaired) electrons. The van der Waals surface area contributed by atoms with Crippen molar-refractivity contribution in [3.05, 3.63) is 0 Å². The molecule has 8 aromatic heterocycles. The van der Waals surface area contributed by atoms with E-state index in [2.05, 4.69) is 0 Å². The van der Waals surface area contributed by atoms with Gasteiger partial charge in [0.05, 0.1) is 102 Å². The predicted molar refractivity (Wildman–Crippen MR) is 134 cm³/mol. The molecule has 8 heterocycles. The van der Waals surface area contributed by atoms with Crippen molar-refractivity contribution in [2.24, 2.45) is 0 Å². The van der Waals surface area contributed by atoms with Gasteiger partial charge >= 0.3 is 0 Å². The highest BCUT2D eigenvalue weighted by Crippen LogP contribution is 2.83. The van der Waals surface area contributed by atoms with E-state index in [4.69, 9.17) is 0 Å². The Morgan fingerprint density at radius 2 is 0.312 bits per heavy atom. The maximum Gasteiger partial charge on any atom is 0.0903 e. The first-order valence-corrected chi connectivity index (χ1v) is 18.8. The van der Waals surface area contributed by atoms with Gasteiger partial charge in [-0.2, -0.15) is 33.6 Å². The zero-order chi connectivity index (χ0) is 21.9. The minimum Gasteiger partial charge on any atom is -0.189 e. The molecule has 0 bridgehead atoms. The Morgan fingerprint density at radius 3 is 0.406 bits per heavy atom. The van der Waals surface area contributed by atoms with Gasteiger partial charge < -0.3 is 0 Å². The van der Waals surface area contributed by atoms with E-state index in [9.17, 15) is 0 Å². The molecule has 0 amide bonds. The molecule has 0 N–H and O–H groups in total. The smallest absolute Gasteiger partial charge is 0.0903 e. The minimum absolute atomic E-state index is 0.0441. The summed E-state index contributed by atoms with van der Waals surface area (Å²) in [5.41, 5.74) is 0. The van der Waals surface area contributed by atoms with Gasteiger partial charge in [-0.15, -0.1) is 0 Å². The summed E-state index contributed by atoms with van der Waals surface area (Å²) in [6, 6.07) is 0. The first kappa shape index (κ1) is 19.0. The van der Waals surface area contributed by atoms with Gasteiger partial charge in [-0.05, 0) is 0 Å². The second kappa shape index (κ2) is 5.29. The van der Waals surface area contributed by atoms with Crippen molar-refractivity contribution in [1.82, 2.24) is 0 Å². The lowest BCUT2D eigenvalue weighted by Crippen LogP contribution is -1.67. The molecule has 1 aromatic carbocycles. The summed E-state index contributed by atoms with van der Waals surface area (Å²) in [5, 5.41) is 0.353. The fourth-order valence-electron chi connectivity index (χ4n) is 5.78. The standard InChI is InChI=1S/C16F8P8/c17-25-9-1-2-4-6-8-7-5-3(1)11(26(9)18)28(20)13(5)30(22)15(7)32(24)16(8)31(23)14(6)29(21)12(4)27(19)10(2)25. The maximum atomic E-state index is 15.6. The second-order valence-electron chi connectivity index (χ2n) is 7.84. The van der Waals surface area contributed by atoms with Gasteiger partial charge in [-0.1, -0.05) is 0 Å². The van der Waals surface area contributed by atoms with E-state index in [1.54, 1.807) is 0 Å². The highest BCUT2D eigenvalue weighted by molar-refractivity contribution is 7.92. The van der Waals surface area contributed by atoms with Crippen molar-refractivity contribution in [3.8, 4) is 0 Å². The molecular weight excluding hydrogens is 592 g/mol. The molecule has 0 aliphatic heterocycles. The average Bonchev–Trinajstić information content (AvgIpc) is 3.53. The van der Waals surface area contributed by atoms with Crippen molar-refractivity contribution in [3.63, 3.8) is 0 Å². The Labute approximate surface area is 178 Å². The molecule has 9 aromatic rings. The number of rotatable bonds is 0. The summed E-state index contributed by atoms with van der Waals surface area (Å²) >= 11 is 0. The predicted octanol–water partition coefficient (Wildman–Crippen LogP) is 15.0. The van der Waals surface area contributed by atoms with Crippen LogP contribution in [0, 0.1) is 0 Å². The number of halogens is 8. The van der Waals surface area contributed by atoms with Crippen LogP contribution in [0.15, 0.2) is 0 Å². The molecular formula is C16F8P8. The van der Waals surface area contributed by atoms with Gasteiger partial charge in [0, 0.05) is 43.1 Å². The van der Waals surface area contributed by atoms with E-state index < -0.39 is 62.8 Å². The van der Waals surface area contributed by atoms with Crippen LogP contribution in [0.5, 0.6) is 0 Å². The average molecular weight is 592 g/mol. The normalized spacial score (nSPS) is 18.8. The highest BCUT2D eigenvalue weighted by atomic mass is 31.2. The van der Waals surface area contributed by atoms with Crippen LogP contribution in [0.4, 0.5) is 33.6 Å². The third kappa shape index (κ3) is 1.51. The largest absolute Gasteiger partial charge is 0.189 e. The van der Waals surface area contributed by atoms with Gasteiger partial charge in [-0.25, -0.2) is 0 Å². The van der Waals surface area contributed by atoms with Gasteiger partial charge in [0.1, 0.15) is 0 Å². The molecule has 0 spiro atoms. The first-order chi connectivity index (χ1) is 15.3.